The largest absolute Gasteiger partial charge is 0.359 e. The molecular weight excluding hydrogens is 182 g/mol. The second-order valence-corrected chi connectivity index (χ2v) is 5.14. The van der Waals surface area contributed by atoms with Gasteiger partial charge in [-0.15, -0.1) is 0 Å². The Labute approximate surface area is 92.2 Å². The van der Waals surface area contributed by atoms with Gasteiger partial charge < -0.3 is 5.32 Å². The number of anilines is 1. The van der Waals surface area contributed by atoms with Crippen LogP contribution in [0.15, 0.2) is 36.0 Å². The number of hydrogen-bond acceptors (Lipinski definition) is 1. The third-order valence-corrected chi connectivity index (χ3v) is 3.42. The molecule has 0 radical (unpaired) electrons. The van der Waals surface area contributed by atoms with Crippen molar-refractivity contribution in [3.05, 3.63) is 41.6 Å². The van der Waals surface area contributed by atoms with E-state index in [1.54, 1.807) is 0 Å². The molecule has 1 aliphatic rings. The first kappa shape index (κ1) is 10.3. The average molecular weight is 201 g/mol. The molecule has 0 heterocycles. The molecule has 1 aliphatic carbocycles. The van der Waals surface area contributed by atoms with E-state index >= 15 is 0 Å². The van der Waals surface area contributed by atoms with Crippen LogP contribution in [0.25, 0.3) is 0 Å². The van der Waals surface area contributed by atoms with Gasteiger partial charge in [0.05, 0.1) is 0 Å². The summed E-state index contributed by atoms with van der Waals surface area (Å²) in [5.41, 5.74) is 4.20. The van der Waals surface area contributed by atoms with Crippen LogP contribution in [0.3, 0.4) is 0 Å². The van der Waals surface area contributed by atoms with Gasteiger partial charge >= 0.3 is 0 Å². The molecule has 0 aliphatic heterocycles. The molecule has 1 unspecified atom stereocenters. The summed E-state index contributed by atoms with van der Waals surface area (Å²) in [5, 5.41) is 3.49. The zero-order valence-electron chi connectivity index (χ0n) is 9.96. The molecule has 0 amide bonds. The van der Waals surface area contributed by atoms with Gasteiger partial charge in [-0.05, 0) is 30.0 Å². The Morgan fingerprint density at radius 2 is 2.00 bits per heavy atom. The van der Waals surface area contributed by atoms with E-state index in [1.807, 2.05) is 0 Å². The van der Waals surface area contributed by atoms with Crippen molar-refractivity contribution in [3.8, 4) is 0 Å². The first-order chi connectivity index (χ1) is 6.99. The molecule has 0 saturated carbocycles. The maximum absolute atomic E-state index is 3.49. The molecule has 2 rings (SSSR count). The molecule has 0 saturated heterocycles. The first-order valence-electron chi connectivity index (χ1n) is 5.55. The lowest BCUT2D eigenvalue weighted by Crippen LogP contribution is -2.34. The maximum atomic E-state index is 3.49. The van der Waals surface area contributed by atoms with E-state index in [4.69, 9.17) is 0 Å². The van der Waals surface area contributed by atoms with Crippen molar-refractivity contribution in [1.29, 1.82) is 0 Å². The minimum atomic E-state index is 0.353. The number of benzene rings is 1. The highest BCUT2D eigenvalue weighted by Crippen LogP contribution is 2.43. The maximum Gasteiger partial charge on any atom is 0.0384 e. The van der Waals surface area contributed by atoms with Gasteiger partial charge in [-0.3, -0.25) is 0 Å². The van der Waals surface area contributed by atoms with E-state index in [2.05, 4.69) is 63.4 Å². The number of hydrogen-bond donors (Lipinski definition) is 1. The molecule has 1 nitrogen and oxygen atoms in total. The molecule has 1 aromatic rings. The zero-order chi connectivity index (χ0) is 11.1. The standard InChI is InChI=1S/C14H19N/c1-10-6-5-7-12(8-10)15-13-9-14(3,4)11(13)2/h5-9,11,15H,1-4H3. The molecule has 0 fully saturated rings. The van der Waals surface area contributed by atoms with Gasteiger partial charge in [0.2, 0.25) is 0 Å². The Balaban J connectivity index is 2.12. The van der Waals surface area contributed by atoms with E-state index in [0.717, 1.165) is 0 Å². The van der Waals surface area contributed by atoms with Crippen LogP contribution in [-0.2, 0) is 0 Å². The lowest BCUT2D eigenvalue weighted by Gasteiger charge is -2.41. The summed E-state index contributed by atoms with van der Waals surface area (Å²) in [5.74, 6) is 0.623. The molecule has 1 heteroatoms. The van der Waals surface area contributed by atoms with Crippen LogP contribution in [0, 0.1) is 18.3 Å². The Morgan fingerprint density at radius 3 is 2.53 bits per heavy atom. The van der Waals surface area contributed by atoms with Crippen molar-refractivity contribution < 1.29 is 0 Å². The molecule has 1 atom stereocenters. The van der Waals surface area contributed by atoms with Crippen LogP contribution in [0.1, 0.15) is 26.3 Å². The lowest BCUT2D eigenvalue weighted by molar-refractivity contribution is 0.299. The first-order valence-corrected chi connectivity index (χ1v) is 5.55. The SMILES string of the molecule is Cc1cccc(NC2=CC(C)(C)C2C)c1. The van der Waals surface area contributed by atoms with E-state index in [0.29, 0.717) is 11.3 Å². The van der Waals surface area contributed by atoms with Crippen molar-refractivity contribution in [2.45, 2.75) is 27.7 Å². The highest BCUT2D eigenvalue weighted by atomic mass is 14.9. The van der Waals surface area contributed by atoms with Gasteiger partial charge in [-0.25, -0.2) is 0 Å². The summed E-state index contributed by atoms with van der Waals surface area (Å²) >= 11 is 0. The van der Waals surface area contributed by atoms with Crippen molar-refractivity contribution in [3.63, 3.8) is 0 Å². The van der Waals surface area contributed by atoms with E-state index in [1.165, 1.54) is 16.9 Å². The molecule has 0 spiro atoms. The summed E-state index contributed by atoms with van der Waals surface area (Å²) in [4.78, 5) is 0. The lowest BCUT2D eigenvalue weighted by atomic mass is 9.68. The van der Waals surface area contributed by atoms with E-state index in [-0.39, 0.29) is 0 Å². The Kier molecular flexibility index (Phi) is 2.34. The van der Waals surface area contributed by atoms with E-state index < -0.39 is 0 Å². The minimum absolute atomic E-state index is 0.353. The summed E-state index contributed by atoms with van der Waals surface area (Å²) < 4.78 is 0. The second kappa shape index (κ2) is 3.41. The Hall–Kier alpha value is -1.24. The van der Waals surface area contributed by atoms with Crippen LogP contribution in [0.4, 0.5) is 5.69 Å². The monoisotopic (exact) mass is 201 g/mol. The van der Waals surface area contributed by atoms with Crippen LogP contribution in [0.5, 0.6) is 0 Å². The molecule has 1 aromatic carbocycles. The second-order valence-electron chi connectivity index (χ2n) is 5.14. The fourth-order valence-electron chi connectivity index (χ4n) is 1.99. The Bertz CT molecular complexity index is 402. The summed E-state index contributed by atoms with van der Waals surface area (Å²) in [6, 6.07) is 8.51. The van der Waals surface area contributed by atoms with Gasteiger partial charge in [0.15, 0.2) is 0 Å². The molecule has 1 N–H and O–H groups in total. The van der Waals surface area contributed by atoms with Gasteiger partial charge in [-0.2, -0.15) is 0 Å². The highest BCUT2D eigenvalue weighted by molar-refractivity contribution is 5.52. The van der Waals surface area contributed by atoms with Crippen LogP contribution < -0.4 is 5.32 Å². The summed E-state index contributed by atoms with van der Waals surface area (Å²) in [6.07, 6.45) is 2.32. The zero-order valence-corrected chi connectivity index (χ0v) is 9.96. The third kappa shape index (κ3) is 1.92. The third-order valence-electron chi connectivity index (χ3n) is 3.42. The molecule has 80 valence electrons. The van der Waals surface area contributed by atoms with Crippen LogP contribution in [0.2, 0.25) is 0 Å². The van der Waals surface area contributed by atoms with Crippen LogP contribution >= 0.6 is 0 Å². The number of allylic oxidation sites excluding steroid dienone is 2. The molecule has 0 aromatic heterocycles. The Morgan fingerprint density at radius 1 is 1.27 bits per heavy atom. The van der Waals surface area contributed by atoms with Crippen molar-refractivity contribution in [1.82, 2.24) is 0 Å². The molecular formula is C14H19N. The smallest absolute Gasteiger partial charge is 0.0384 e. The van der Waals surface area contributed by atoms with E-state index in [9.17, 15) is 0 Å². The average Bonchev–Trinajstić information content (AvgIpc) is 2.16. The fraction of sp³-hybridized carbons (Fsp3) is 0.429. The van der Waals surface area contributed by atoms with Gasteiger partial charge in [0.1, 0.15) is 0 Å². The fourth-order valence-corrected chi connectivity index (χ4v) is 1.99. The quantitative estimate of drug-likeness (QED) is 0.763. The van der Waals surface area contributed by atoms with Crippen molar-refractivity contribution in [2.24, 2.45) is 11.3 Å². The van der Waals surface area contributed by atoms with Crippen molar-refractivity contribution >= 4 is 5.69 Å². The van der Waals surface area contributed by atoms with Crippen molar-refractivity contribution in [2.75, 3.05) is 5.32 Å². The normalized spacial score (nSPS) is 22.9. The minimum Gasteiger partial charge on any atom is -0.359 e. The van der Waals surface area contributed by atoms with Gasteiger partial charge in [0.25, 0.3) is 0 Å². The predicted octanol–water partition coefficient (Wildman–Crippen LogP) is 3.97. The molecule has 0 bridgehead atoms. The highest BCUT2D eigenvalue weighted by Gasteiger charge is 2.35. The van der Waals surface area contributed by atoms with Gasteiger partial charge in [0, 0.05) is 17.3 Å². The number of aryl methyl sites for hydroxylation is 1. The predicted molar refractivity (Wildman–Crippen MR) is 65.8 cm³/mol. The topological polar surface area (TPSA) is 12.0 Å². The number of rotatable bonds is 2. The van der Waals surface area contributed by atoms with Gasteiger partial charge in [-0.1, -0.05) is 39.0 Å². The summed E-state index contributed by atoms with van der Waals surface area (Å²) in [7, 11) is 0. The summed E-state index contributed by atoms with van der Waals surface area (Å²) in [6.45, 7) is 8.95. The van der Waals surface area contributed by atoms with Crippen LogP contribution in [-0.4, -0.2) is 0 Å². The number of nitrogens with one attached hydrogen (secondary N) is 1. The molecule has 15 heavy (non-hydrogen) atoms.